The van der Waals surface area contributed by atoms with Gasteiger partial charge in [0.1, 0.15) is 5.82 Å². The lowest BCUT2D eigenvalue weighted by molar-refractivity contribution is -0.119. The molecule has 4 aromatic carbocycles. The van der Waals surface area contributed by atoms with Crippen molar-refractivity contribution < 1.29 is 9.18 Å². The predicted molar refractivity (Wildman–Crippen MR) is 128 cm³/mol. The molecule has 0 radical (unpaired) electrons. The van der Waals surface area contributed by atoms with Gasteiger partial charge in [-0.3, -0.25) is 4.79 Å². The molecule has 1 heterocycles. The van der Waals surface area contributed by atoms with E-state index < -0.39 is 5.92 Å². The van der Waals surface area contributed by atoms with Crippen molar-refractivity contribution in [2.75, 3.05) is 0 Å². The Morgan fingerprint density at radius 2 is 1.42 bits per heavy atom. The van der Waals surface area contributed by atoms with E-state index in [0.717, 1.165) is 33.3 Å². The summed E-state index contributed by atoms with van der Waals surface area (Å²) in [6.45, 7) is 0. The number of nitrogens with two attached hydrogens (primary N) is 1. The van der Waals surface area contributed by atoms with Crippen LogP contribution >= 0.6 is 0 Å². The van der Waals surface area contributed by atoms with Crippen LogP contribution in [0.25, 0.3) is 16.6 Å². The van der Waals surface area contributed by atoms with Crippen LogP contribution in [0, 0.1) is 5.82 Å². The van der Waals surface area contributed by atoms with E-state index in [9.17, 15) is 9.18 Å². The van der Waals surface area contributed by atoms with Gasteiger partial charge in [0.05, 0.1) is 23.3 Å². The average Bonchev–Trinajstić information content (AvgIpc) is 3.27. The number of nitrogens with zero attached hydrogens (tertiary/aromatic N) is 2. The second kappa shape index (κ2) is 8.71. The summed E-state index contributed by atoms with van der Waals surface area (Å²) in [5, 5.41) is 5.43. The summed E-state index contributed by atoms with van der Waals surface area (Å²) < 4.78 is 15.1. The summed E-state index contributed by atoms with van der Waals surface area (Å²) in [4.78, 5) is 12.7. The van der Waals surface area contributed by atoms with Gasteiger partial charge in [-0.25, -0.2) is 9.07 Å². The van der Waals surface area contributed by atoms with Crippen molar-refractivity contribution in [3.63, 3.8) is 0 Å². The highest BCUT2D eigenvalue weighted by Gasteiger charge is 2.31. The third-order valence-electron chi connectivity index (χ3n) is 5.98. The van der Waals surface area contributed by atoms with E-state index in [1.807, 2.05) is 72.8 Å². The molecule has 2 unspecified atom stereocenters. The monoisotopic (exact) mass is 435 g/mol. The normalized spacial score (nSPS) is 13.0. The Labute approximate surface area is 191 Å². The predicted octanol–water partition coefficient (Wildman–Crippen LogP) is 5.57. The molecule has 0 bridgehead atoms. The Bertz CT molecular complexity index is 1400. The number of amides is 1. The van der Waals surface area contributed by atoms with E-state index >= 15 is 0 Å². The fourth-order valence-electron chi connectivity index (χ4n) is 4.45. The highest BCUT2D eigenvalue weighted by atomic mass is 19.1. The van der Waals surface area contributed by atoms with Gasteiger partial charge in [-0.2, -0.15) is 5.10 Å². The maximum absolute atomic E-state index is 13.4. The molecule has 0 saturated heterocycles. The second-order valence-electron chi connectivity index (χ2n) is 8.03. The van der Waals surface area contributed by atoms with Gasteiger partial charge >= 0.3 is 0 Å². The van der Waals surface area contributed by atoms with Crippen LogP contribution in [-0.2, 0) is 4.79 Å². The standard InChI is InChI=1S/C28H22FN3O/c29-23-12-14-24(15-13-23)32-25-16-11-21(17-22(25)18-31-32)26(19-7-3-1-4-8-19)27(28(30)33)20-9-5-2-6-10-20/h1-18,26-27H,(H2,30,33). The number of aromatic nitrogens is 2. The van der Waals surface area contributed by atoms with E-state index in [2.05, 4.69) is 11.2 Å². The molecule has 0 aliphatic heterocycles. The SMILES string of the molecule is NC(=O)C(c1ccccc1)C(c1ccccc1)c1ccc2c(cnn2-c2ccc(F)cc2)c1. The lowest BCUT2D eigenvalue weighted by Crippen LogP contribution is -2.27. The fourth-order valence-corrected chi connectivity index (χ4v) is 4.45. The summed E-state index contributed by atoms with van der Waals surface area (Å²) >= 11 is 0. The van der Waals surface area contributed by atoms with E-state index in [0.29, 0.717) is 0 Å². The van der Waals surface area contributed by atoms with Crippen molar-refractivity contribution in [3.8, 4) is 5.69 Å². The molecule has 0 aliphatic rings. The van der Waals surface area contributed by atoms with Gasteiger partial charge in [0, 0.05) is 11.3 Å². The lowest BCUT2D eigenvalue weighted by Gasteiger charge is -2.26. The highest BCUT2D eigenvalue weighted by molar-refractivity contribution is 5.85. The third kappa shape index (κ3) is 4.01. The zero-order chi connectivity index (χ0) is 22.8. The average molecular weight is 436 g/mol. The topological polar surface area (TPSA) is 60.9 Å². The Balaban J connectivity index is 1.64. The van der Waals surface area contributed by atoms with Crippen molar-refractivity contribution in [1.29, 1.82) is 0 Å². The first-order chi connectivity index (χ1) is 16.1. The molecule has 5 rings (SSSR count). The molecule has 0 fully saturated rings. The van der Waals surface area contributed by atoms with Crippen molar-refractivity contribution in [1.82, 2.24) is 9.78 Å². The first kappa shape index (κ1) is 20.6. The zero-order valence-electron chi connectivity index (χ0n) is 17.8. The largest absolute Gasteiger partial charge is 0.369 e. The van der Waals surface area contributed by atoms with Crippen LogP contribution in [0.15, 0.2) is 109 Å². The minimum Gasteiger partial charge on any atom is -0.369 e. The Morgan fingerprint density at radius 1 is 0.788 bits per heavy atom. The first-order valence-corrected chi connectivity index (χ1v) is 10.7. The summed E-state index contributed by atoms with van der Waals surface area (Å²) in [6.07, 6.45) is 1.78. The van der Waals surface area contributed by atoms with Crippen LogP contribution in [0.2, 0.25) is 0 Å². The first-order valence-electron chi connectivity index (χ1n) is 10.7. The van der Waals surface area contributed by atoms with Gasteiger partial charge in [0.2, 0.25) is 5.91 Å². The molecule has 1 amide bonds. The van der Waals surface area contributed by atoms with E-state index in [4.69, 9.17) is 5.73 Å². The number of primary amides is 1. The van der Waals surface area contributed by atoms with Gasteiger partial charge in [-0.15, -0.1) is 0 Å². The molecule has 2 N–H and O–H groups in total. The molecule has 5 heteroatoms. The Hall–Kier alpha value is -4.25. The molecule has 5 aromatic rings. The number of fused-ring (bicyclic) bond motifs is 1. The van der Waals surface area contributed by atoms with Crippen molar-refractivity contribution >= 4 is 16.8 Å². The fraction of sp³-hybridized carbons (Fsp3) is 0.0714. The minimum absolute atomic E-state index is 0.260. The number of benzene rings is 4. The quantitative estimate of drug-likeness (QED) is 0.379. The van der Waals surface area contributed by atoms with Gasteiger partial charge in [0.15, 0.2) is 0 Å². The van der Waals surface area contributed by atoms with Crippen LogP contribution in [-0.4, -0.2) is 15.7 Å². The molecule has 0 saturated carbocycles. The number of hydrogen-bond donors (Lipinski definition) is 1. The highest BCUT2D eigenvalue weighted by Crippen LogP contribution is 2.39. The lowest BCUT2D eigenvalue weighted by atomic mass is 9.76. The molecule has 1 aromatic heterocycles. The summed E-state index contributed by atoms with van der Waals surface area (Å²) in [7, 11) is 0. The summed E-state index contributed by atoms with van der Waals surface area (Å²) in [5.74, 6) is -1.46. The molecule has 4 nitrogen and oxygen atoms in total. The van der Waals surface area contributed by atoms with Gasteiger partial charge < -0.3 is 5.73 Å². The van der Waals surface area contributed by atoms with Crippen LogP contribution in [0.3, 0.4) is 0 Å². The molecule has 2 atom stereocenters. The number of halogens is 1. The van der Waals surface area contributed by atoms with Crippen molar-refractivity contribution in [3.05, 3.63) is 132 Å². The third-order valence-corrected chi connectivity index (χ3v) is 5.98. The van der Waals surface area contributed by atoms with Crippen molar-refractivity contribution in [2.45, 2.75) is 11.8 Å². The molecule has 33 heavy (non-hydrogen) atoms. The van der Waals surface area contributed by atoms with Crippen LogP contribution in [0.4, 0.5) is 4.39 Å². The number of carbonyl (C=O) groups is 1. The maximum Gasteiger partial charge on any atom is 0.225 e. The van der Waals surface area contributed by atoms with Gasteiger partial charge in [-0.05, 0) is 53.1 Å². The Kier molecular flexibility index (Phi) is 5.45. The van der Waals surface area contributed by atoms with Gasteiger partial charge in [0.25, 0.3) is 0 Å². The molecule has 162 valence electrons. The number of rotatable bonds is 6. The van der Waals surface area contributed by atoms with E-state index in [1.165, 1.54) is 12.1 Å². The summed E-state index contributed by atoms with van der Waals surface area (Å²) in [6, 6.07) is 31.9. The maximum atomic E-state index is 13.4. The molecule has 0 spiro atoms. The van der Waals surface area contributed by atoms with Crippen molar-refractivity contribution in [2.24, 2.45) is 5.73 Å². The van der Waals surface area contributed by atoms with E-state index in [-0.39, 0.29) is 17.6 Å². The molecule has 0 aliphatic carbocycles. The van der Waals surface area contributed by atoms with Crippen LogP contribution in [0.1, 0.15) is 28.5 Å². The van der Waals surface area contributed by atoms with Crippen LogP contribution < -0.4 is 5.73 Å². The Morgan fingerprint density at radius 3 is 2.06 bits per heavy atom. The van der Waals surface area contributed by atoms with Crippen LogP contribution in [0.5, 0.6) is 0 Å². The van der Waals surface area contributed by atoms with E-state index in [1.54, 1.807) is 23.0 Å². The zero-order valence-corrected chi connectivity index (χ0v) is 17.8. The second-order valence-corrected chi connectivity index (χ2v) is 8.03. The molecular weight excluding hydrogens is 413 g/mol. The van der Waals surface area contributed by atoms with Gasteiger partial charge in [-0.1, -0.05) is 66.7 Å². The molecular formula is C28H22FN3O. The summed E-state index contributed by atoms with van der Waals surface area (Å²) in [5.41, 5.74) is 10.5. The smallest absolute Gasteiger partial charge is 0.225 e. The number of carbonyl (C=O) groups excluding carboxylic acids is 1. The minimum atomic E-state index is -0.529. The number of hydrogen-bond acceptors (Lipinski definition) is 2.